The largest absolute Gasteiger partial charge is 0.447 e. The number of oxazole rings is 1. The Morgan fingerprint density at radius 3 is 2.14 bits per heavy atom. The van der Waals surface area contributed by atoms with Gasteiger partial charge in [-0.3, -0.25) is 9.59 Å². The molecule has 0 amide bonds. The van der Waals surface area contributed by atoms with E-state index >= 15 is 0 Å². The van der Waals surface area contributed by atoms with Gasteiger partial charge in [-0.1, -0.05) is 20.8 Å². The molecule has 0 bridgehead atoms. The van der Waals surface area contributed by atoms with Crippen LogP contribution in [0, 0.1) is 17.5 Å². The summed E-state index contributed by atoms with van der Waals surface area (Å²) in [6, 6.07) is 1.34. The van der Waals surface area contributed by atoms with Crippen LogP contribution in [0.5, 0.6) is 0 Å². The highest BCUT2D eigenvalue weighted by atomic mass is 19.2. The van der Waals surface area contributed by atoms with Crippen LogP contribution in [-0.2, 0) is 5.41 Å². The van der Waals surface area contributed by atoms with Crippen LogP contribution in [0.2, 0.25) is 0 Å². The lowest BCUT2D eigenvalue weighted by molar-refractivity contribution is 0.407. The Balaban J connectivity index is 2.19. The van der Waals surface area contributed by atoms with Gasteiger partial charge in [0.15, 0.2) is 18.0 Å². The van der Waals surface area contributed by atoms with Gasteiger partial charge in [-0.2, -0.15) is 0 Å². The van der Waals surface area contributed by atoms with Gasteiger partial charge in [0.05, 0.1) is 5.56 Å². The van der Waals surface area contributed by atoms with Crippen LogP contribution in [0.15, 0.2) is 32.5 Å². The molecule has 0 aliphatic heterocycles. The molecule has 3 rings (SSSR count). The minimum atomic E-state index is -1.46. The van der Waals surface area contributed by atoms with E-state index < -0.39 is 44.9 Å². The van der Waals surface area contributed by atoms with Crippen molar-refractivity contribution >= 4 is 12.2 Å². The lowest BCUT2D eigenvalue weighted by Gasteiger charge is -2.14. The van der Waals surface area contributed by atoms with Crippen molar-refractivity contribution in [3.05, 3.63) is 84.4 Å². The second-order valence-corrected chi connectivity index (χ2v) is 7.10. The van der Waals surface area contributed by atoms with E-state index in [9.17, 15) is 22.8 Å². The zero-order valence-electron chi connectivity index (χ0n) is 15.2. The molecule has 0 saturated heterocycles. The Hall–Kier alpha value is -3.36. The molecule has 3 aromatic rings. The van der Waals surface area contributed by atoms with E-state index in [1.54, 1.807) is 0 Å². The third kappa shape index (κ3) is 3.68. The molecule has 0 unspecified atom stereocenters. The van der Waals surface area contributed by atoms with E-state index in [2.05, 4.69) is 15.0 Å². The first-order valence-electron chi connectivity index (χ1n) is 8.21. The van der Waals surface area contributed by atoms with Gasteiger partial charge in [-0.15, -0.1) is 0 Å². The van der Waals surface area contributed by atoms with Crippen molar-refractivity contribution in [3.8, 4) is 0 Å². The van der Waals surface area contributed by atoms with E-state index in [1.165, 1.54) is 12.5 Å². The van der Waals surface area contributed by atoms with Gasteiger partial charge in [0.25, 0.3) is 11.1 Å². The Kier molecular flexibility index (Phi) is 4.84. The van der Waals surface area contributed by atoms with Crippen molar-refractivity contribution in [2.45, 2.75) is 26.2 Å². The van der Waals surface area contributed by atoms with Gasteiger partial charge in [-0.25, -0.2) is 18.2 Å². The molecule has 146 valence electrons. The van der Waals surface area contributed by atoms with Crippen LogP contribution >= 0.6 is 0 Å². The lowest BCUT2D eigenvalue weighted by atomic mass is 9.92. The van der Waals surface area contributed by atoms with E-state index in [1.807, 2.05) is 20.8 Å². The first-order valence-corrected chi connectivity index (χ1v) is 8.21. The minimum absolute atomic E-state index is 0.123. The molecule has 6 nitrogen and oxygen atoms in total. The quantitative estimate of drug-likeness (QED) is 0.647. The molecule has 2 aromatic heterocycles. The SMILES string of the molecule is CC(C)(C)c1ocnc1/C=c1\[nH]c(=O)/c(=C/c2c(F)ccc(F)c2F)[nH]c1=O. The van der Waals surface area contributed by atoms with Crippen molar-refractivity contribution in [2.75, 3.05) is 0 Å². The van der Waals surface area contributed by atoms with Crippen LogP contribution in [0.25, 0.3) is 12.2 Å². The zero-order valence-corrected chi connectivity index (χ0v) is 15.2. The number of nitrogens with one attached hydrogen (secondary N) is 2. The van der Waals surface area contributed by atoms with Crippen LogP contribution in [0.3, 0.4) is 0 Å². The number of hydrogen-bond acceptors (Lipinski definition) is 4. The molecular formula is C19H16F3N3O3. The molecule has 0 aliphatic rings. The Morgan fingerprint density at radius 2 is 1.54 bits per heavy atom. The van der Waals surface area contributed by atoms with Gasteiger partial charge in [0.1, 0.15) is 28.0 Å². The van der Waals surface area contributed by atoms with Crippen LogP contribution < -0.4 is 21.8 Å². The average Bonchev–Trinajstić information content (AvgIpc) is 3.08. The summed E-state index contributed by atoms with van der Waals surface area (Å²) in [7, 11) is 0. The van der Waals surface area contributed by atoms with Crippen LogP contribution in [0.1, 0.15) is 37.8 Å². The molecule has 9 heteroatoms. The summed E-state index contributed by atoms with van der Waals surface area (Å²) in [5, 5.41) is -0.552. The summed E-state index contributed by atoms with van der Waals surface area (Å²) in [4.78, 5) is 33.2. The fourth-order valence-electron chi connectivity index (χ4n) is 2.57. The number of nitrogens with zero attached hydrogens (tertiary/aromatic N) is 1. The monoisotopic (exact) mass is 391 g/mol. The first-order chi connectivity index (χ1) is 13.1. The normalized spacial score (nSPS) is 13.4. The number of rotatable bonds is 2. The highest BCUT2D eigenvalue weighted by Crippen LogP contribution is 2.25. The van der Waals surface area contributed by atoms with E-state index in [0.29, 0.717) is 17.5 Å². The molecule has 0 aliphatic carbocycles. The predicted octanol–water partition coefficient (Wildman–Crippen LogP) is 1.42. The Bertz CT molecular complexity index is 1280. The highest BCUT2D eigenvalue weighted by molar-refractivity contribution is 5.50. The van der Waals surface area contributed by atoms with Crippen molar-refractivity contribution in [3.63, 3.8) is 0 Å². The molecule has 0 radical (unpaired) electrons. The number of aromatic nitrogens is 3. The molecule has 28 heavy (non-hydrogen) atoms. The average molecular weight is 391 g/mol. The maximum absolute atomic E-state index is 13.8. The molecule has 0 saturated carbocycles. The summed E-state index contributed by atoms with van der Waals surface area (Å²) >= 11 is 0. The topological polar surface area (TPSA) is 91.8 Å². The Morgan fingerprint density at radius 1 is 0.964 bits per heavy atom. The third-order valence-electron chi connectivity index (χ3n) is 3.91. The van der Waals surface area contributed by atoms with Crippen LogP contribution in [-0.4, -0.2) is 15.0 Å². The van der Waals surface area contributed by atoms with Crippen molar-refractivity contribution in [1.82, 2.24) is 15.0 Å². The summed E-state index contributed by atoms with van der Waals surface area (Å²) in [5.41, 5.74) is -2.37. The Labute approximate surface area is 156 Å². The van der Waals surface area contributed by atoms with E-state index in [-0.39, 0.29) is 5.35 Å². The second kappa shape index (κ2) is 6.99. The maximum Gasteiger partial charge on any atom is 0.272 e. The molecule has 2 N–H and O–H groups in total. The number of aromatic amines is 2. The predicted molar refractivity (Wildman–Crippen MR) is 95.6 cm³/mol. The lowest BCUT2D eigenvalue weighted by Crippen LogP contribution is -2.47. The standard InChI is InChI=1S/C19H16F3N3O3/c1-19(2,3)16-12(23-8-28-16)7-14-18(27)24-13(17(26)25-14)6-9-10(20)4-5-11(21)15(9)22/h4-8H,1-3H3,(H,24,27)(H,25,26)/b13-6-,14-7-. The molecule has 1 aromatic carbocycles. The fraction of sp³-hybridized carbons (Fsp3) is 0.211. The summed E-state index contributed by atoms with van der Waals surface area (Å²) in [6.07, 6.45) is 3.28. The smallest absolute Gasteiger partial charge is 0.272 e. The zero-order chi connectivity index (χ0) is 20.6. The molecular weight excluding hydrogens is 375 g/mol. The van der Waals surface area contributed by atoms with Gasteiger partial charge in [0.2, 0.25) is 0 Å². The molecule has 0 fully saturated rings. The summed E-state index contributed by atoms with van der Waals surface area (Å²) in [6.45, 7) is 5.66. The summed E-state index contributed by atoms with van der Waals surface area (Å²) in [5.74, 6) is -3.31. The molecule has 0 spiro atoms. The third-order valence-corrected chi connectivity index (χ3v) is 3.91. The van der Waals surface area contributed by atoms with Gasteiger partial charge in [0, 0.05) is 5.41 Å². The van der Waals surface area contributed by atoms with Crippen molar-refractivity contribution in [1.29, 1.82) is 0 Å². The maximum atomic E-state index is 13.8. The van der Waals surface area contributed by atoms with E-state index in [4.69, 9.17) is 4.42 Å². The number of hydrogen-bond donors (Lipinski definition) is 2. The first kappa shape index (κ1) is 19.4. The van der Waals surface area contributed by atoms with E-state index in [0.717, 1.165) is 12.1 Å². The highest BCUT2D eigenvalue weighted by Gasteiger charge is 2.22. The molecule has 2 heterocycles. The van der Waals surface area contributed by atoms with Crippen molar-refractivity contribution in [2.24, 2.45) is 0 Å². The fourth-order valence-corrected chi connectivity index (χ4v) is 2.57. The number of benzene rings is 1. The second-order valence-electron chi connectivity index (χ2n) is 7.10. The van der Waals surface area contributed by atoms with Crippen LogP contribution in [0.4, 0.5) is 13.2 Å². The number of H-pyrrole nitrogens is 2. The van der Waals surface area contributed by atoms with Crippen molar-refractivity contribution < 1.29 is 17.6 Å². The van der Waals surface area contributed by atoms with Gasteiger partial charge >= 0.3 is 0 Å². The van der Waals surface area contributed by atoms with Gasteiger partial charge in [-0.05, 0) is 24.3 Å². The summed E-state index contributed by atoms with van der Waals surface area (Å²) < 4.78 is 46.2. The van der Waals surface area contributed by atoms with Gasteiger partial charge < -0.3 is 14.4 Å². The minimum Gasteiger partial charge on any atom is -0.447 e. The molecule has 0 atom stereocenters. The number of halogens is 3.